The third-order valence-corrected chi connectivity index (χ3v) is 2.59. The van der Waals surface area contributed by atoms with Gasteiger partial charge in [0.15, 0.2) is 0 Å². The topological polar surface area (TPSA) is 47.6 Å². The Hall–Kier alpha value is -1.55. The minimum absolute atomic E-state index is 0.160. The number of rotatable bonds is 7. The molecule has 1 amide bonds. The molecule has 0 saturated heterocycles. The first-order valence-corrected chi connectivity index (χ1v) is 6.60. The fourth-order valence-electron chi connectivity index (χ4n) is 1.61. The number of hydrogen-bond acceptors (Lipinski definition) is 3. The molecule has 4 nitrogen and oxygen atoms in total. The van der Waals surface area contributed by atoms with Crippen LogP contribution in [-0.2, 0) is 9.63 Å². The molecular formula is C15H23NO3. The summed E-state index contributed by atoms with van der Waals surface area (Å²) < 4.78 is 5.65. The van der Waals surface area contributed by atoms with E-state index >= 15 is 0 Å². The van der Waals surface area contributed by atoms with E-state index in [0.29, 0.717) is 19.1 Å². The van der Waals surface area contributed by atoms with Crippen molar-refractivity contribution in [3.63, 3.8) is 0 Å². The highest BCUT2D eigenvalue weighted by Crippen LogP contribution is 2.22. The number of aryl methyl sites for hydroxylation is 2. The van der Waals surface area contributed by atoms with Crippen LogP contribution in [0.2, 0.25) is 0 Å². The van der Waals surface area contributed by atoms with Gasteiger partial charge >= 0.3 is 0 Å². The Kier molecular flexibility index (Phi) is 6.36. The molecule has 0 heterocycles. The van der Waals surface area contributed by atoms with E-state index in [1.807, 2.05) is 45.9 Å². The summed E-state index contributed by atoms with van der Waals surface area (Å²) >= 11 is 0. The maximum absolute atomic E-state index is 11.5. The number of para-hydroxylation sites is 1. The highest BCUT2D eigenvalue weighted by Gasteiger charge is 2.06. The Balaban J connectivity index is 2.28. The Morgan fingerprint density at radius 2 is 1.89 bits per heavy atom. The van der Waals surface area contributed by atoms with Crippen molar-refractivity contribution in [3.05, 3.63) is 29.3 Å². The number of carbonyl (C=O) groups excluding carboxylic acids is 1. The predicted molar refractivity (Wildman–Crippen MR) is 75.0 cm³/mol. The number of ether oxygens (including phenoxy) is 1. The van der Waals surface area contributed by atoms with Crippen LogP contribution in [0, 0.1) is 19.8 Å². The summed E-state index contributed by atoms with van der Waals surface area (Å²) in [6.45, 7) is 8.90. The van der Waals surface area contributed by atoms with Crippen molar-refractivity contribution in [2.24, 2.45) is 5.92 Å². The van der Waals surface area contributed by atoms with Crippen LogP contribution in [0.25, 0.3) is 0 Å². The van der Waals surface area contributed by atoms with Gasteiger partial charge < -0.3 is 4.74 Å². The fraction of sp³-hybridized carbons (Fsp3) is 0.533. The van der Waals surface area contributed by atoms with Gasteiger partial charge in [-0.3, -0.25) is 9.63 Å². The van der Waals surface area contributed by atoms with Crippen molar-refractivity contribution < 1.29 is 14.4 Å². The van der Waals surface area contributed by atoms with Crippen molar-refractivity contribution in [1.82, 2.24) is 5.48 Å². The maximum atomic E-state index is 11.5. The Morgan fingerprint density at radius 3 is 2.47 bits per heavy atom. The molecule has 106 valence electrons. The van der Waals surface area contributed by atoms with Gasteiger partial charge in [0.05, 0.1) is 19.6 Å². The number of nitrogens with one attached hydrogen (secondary N) is 1. The van der Waals surface area contributed by atoms with Crippen molar-refractivity contribution >= 4 is 5.91 Å². The van der Waals surface area contributed by atoms with Crippen molar-refractivity contribution in [1.29, 1.82) is 0 Å². The highest BCUT2D eigenvalue weighted by molar-refractivity contribution is 5.74. The molecule has 0 aliphatic carbocycles. The molecule has 0 aliphatic rings. The molecule has 0 unspecified atom stereocenters. The minimum atomic E-state index is -0.160. The molecule has 1 aromatic carbocycles. The van der Waals surface area contributed by atoms with Gasteiger partial charge in [-0.2, -0.15) is 0 Å². The van der Waals surface area contributed by atoms with E-state index in [2.05, 4.69) is 5.48 Å². The summed E-state index contributed by atoms with van der Waals surface area (Å²) in [6, 6.07) is 5.98. The van der Waals surface area contributed by atoms with Crippen LogP contribution in [0.3, 0.4) is 0 Å². The van der Waals surface area contributed by atoms with Gasteiger partial charge in [-0.15, -0.1) is 0 Å². The molecule has 4 heteroatoms. The van der Waals surface area contributed by atoms with Crippen molar-refractivity contribution in [3.8, 4) is 5.75 Å². The second-order valence-corrected chi connectivity index (χ2v) is 5.05. The Bertz CT molecular complexity index is 396. The molecule has 0 spiro atoms. The van der Waals surface area contributed by atoms with E-state index in [1.54, 1.807) is 0 Å². The van der Waals surface area contributed by atoms with Crippen LogP contribution in [0.1, 0.15) is 31.4 Å². The Labute approximate surface area is 115 Å². The number of carbonyl (C=O) groups is 1. The quantitative estimate of drug-likeness (QED) is 0.771. The molecule has 0 radical (unpaired) electrons. The van der Waals surface area contributed by atoms with Gasteiger partial charge in [-0.25, -0.2) is 5.48 Å². The van der Waals surface area contributed by atoms with E-state index < -0.39 is 0 Å². The van der Waals surface area contributed by atoms with Crippen LogP contribution in [0.15, 0.2) is 18.2 Å². The van der Waals surface area contributed by atoms with E-state index in [4.69, 9.17) is 9.57 Å². The molecular weight excluding hydrogens is 242 g/mol. The average molecular weight is 265 g/mol. The molecule has 19 heavy (non-hydrogen) atoms. The third-order valence-electron chi connectivity index (χ3n) is 2.59. The molecule has 0 aromatic heterocycles. The van der Waals surface area contributed by atoms with Crippen molar-refractivity contribution in [2.75, 3.05) is 13.2 Å². The predicted octanol–water partition coefficient (Wildman–Crippen LogP) is 2.78. The SMILES string of the molecule is Cc1cccc(C)c1OCCC(=O)NOCC(C)C. The number of amides is 1. The minimum Gasteiger partial charge on any atom is -0.493 e. The summed E-state index contributed by atoms with van der Waals surface area (Å²) in [6.07, 6.45) is 0.284. The van der Waals surface area contributed by atoms with Gasteiger partial charge in [0.25, 0.3) is 0 Å². The smallest absolute Gasteiger partial charge is 0.246 e. The largest absolute Gasteiger partial charge is 0.493 e. The summed E-state index contributed by atoms with van der Waals surface area (Å²) in [4.78, 5) is 16.5. The molecule has 0 fully saturated rings. The zero-order chi connectivity index (χ0) is 14.3. The lowest BCUT2D eigenvalue weighted by atomic mass is 10.1. The lowest BCUT2D eigenvalue weighted by Gasteiger charge is -2.12. The van der Waals surface area contributed by atoms with Gasteiger partial charge in [-0.1, -0.05) is 32.0 Å². The molecule has 1 aromatic rings. The van der Waals surface area contributed by atoms with Crippen LogP contribution in [0.4, 0.5) is 0 Å². The summed E-state index contributed by atoms with van der Waals surface area (Å²) in [5, 5.41) is 0. The van der Waals surface area contributed by atoms with Crippen LogP contribution < -0.4 is 10.2 Å². The zero-order valence-corrected chi connectivity index (χ0v) is 12.2. The number of benzene rings is 1. The van der Waals surface area contributed by atoms with E-state index in [9.17, 15) is 4.79 Å². The lowest BCUT2D eigenvalue weighted by Crippen LogP contribution is -2.26. The fourth-order valence-corrected chi connectivity index (χ4v) is 1.61. The van der Waals surface area contributed by atoms with E-state index in [-0.39, 0.29) is 12.3 Å². The third kappa shape index (κ3) is 5.75. The van der Waals surface area contributed by atoms with Gasteiger partial charge in [0.2, 0.25) is 5.91 Å². The highest BCUT2D eigenvalue weighted by atomic mass is 16.7. The first kappa shape index (κ1) is 15.5. The summed E-state index contributed by atoms with van der Waals surface area (Å²) in [5.74, 6) is 1.09. The molecule has 0 atom stereocenters. The van der Waals surface area contributed by atoms with E-state index in [1.165, 1.54) is 0 Å². The van der Waals surface area contributed by atoms with Crippen molar-refractivity contribution in [2.45, 2.75) is 34.1 Å². The maximum Gasteiger partial charge on any atom is 0.246 e. The summed E-state index contributed by atoms with van der Waals surface area (Å²) in [7, 11) is 0. The second kappa shape index (κ2) is 7.79. The second-order valence-electron chi connectivity index (χ2n) is 5.05. The molecule has 0 saturated carbocycles. The molecule has 1 rings (SSSR count). The lowest BCUT2D eigenvalue weighted by molar-refractivity contribution is -0.134. The number of hydrogen-bond donors (Lipinski definition) is 1. The average Bonchev–Trinajstić information content (AvgIpc) is 2.32. The van der Waals surface area contributed by atoms with Gasteiger partial charge in [0.1, 0.15) is 5.75 Å². The van der Waals surface area contributed by atoms with Gasteiger partial charge in [-0.05, 0) is 30.9 Å². The van der Waals surface area contributed by atoms with Crippen LogP contribution in [0.5, 0.6) is 5.75 Å². The normalized spacial score (nSPS) is 10.6. The standard InChI is InChI=1S/C15H23NO3/c1-11(2)10-19-16-14(17)8-9-18-15-12(3)6-5-7-13(15)4/h5-7,11H,8-10H2,1-4H3,(H,16,17). The van der Waals surface area contributed by atoms with Gasteiger partial charge in [0, 0.05) is 0 Å². The first-order chi connectivity index (χ1) is 9.00. The zero-order valence-electron chi connectivity index (χ0n) is 12.2. The summed E-state index contributed by atoms with van der Waals surface area (Å²) in [5.41, 5.74) is 4.57. The molecule has 0 bridgehead atoms. The monoisotopic (exact) mass is 265 g/mol. The van der Waals surface area contributed by atoms with Crippen LogP contribution >= 0.6 is 0 Å². The Morgan fingerprint density at radius 1 is 1.26 bits per heavy atom. The molecule has 0 aliphatic heterocycles. The number of hydroxylamine groups is 1. The molecule has 1 N–H and O–H groups in total. The van der Waals surface area contributed by atoms with Crippen LogP contribution in [-0.4, -0.2) is 19.1 Å². The van der Waals surface area contributed by atoms with E-state index in [0.717, 1.165) is 16.9 Å². The first-order valence-electron chi connectivity index (χ1n) is 6.60.